The summed E-state index contributed by atoms with van der Waals surface area (Å²) in [6.07, 6.45) is 0. The number of rotatable bonds is 7. The lowest BCUT2D eigenvalue weighted by atomic mass is 10.2. The van der Waals surface area contributed by atoms with Crippen LogP contribution in [0.15, 0.2) is 83.8 Å². The SMILES string of the molecule is CCOc1ccc(S(=O)(=O)Nc2ccc(C(=O)Nc3ccccc3)cc2)cc1. The number of carbonyl (C=O) groups is 1. The van der Waals surface area contributed by atoms with Crippen LogP contribution in [0.5, 0.6) is 5.75 Å². The first-order valence-corrected chi connectivity index (χ1v) is 10.2. The Morgan fingerprint density at radius 3 is 2.11 bits per heavy atom. The van der Waals surface area contributed by atoms with Gasteiger partial charge in [0.25, 0.3) is 15.9 Å². The van der Waals surface area contributed by atoms with Crippen molar-refractivity contribution in [3.63, 3.8) is 0 Å². The molecule has 0 bridgehead atoms. The van der Waals surface area contributed by atoms with Crippen molar-refractivity contribution in [1.29, 1.82) is 0 Å². The zero-order valence-corrected chi connectivity index (χ0v) is 16.1. The van der Waals surface area contributed by atoms with Gasteiger partial charge in [0.1, 0.15) is 5.75 Å². The molecule has 0 atom stereocenters. The Kier molecular flexibility index (Phi) is 5.96. The van der Waals surface area contributed by atoms with E-state index in [0.717, 1.165) is 0 Å². The van der Waals surface area contributed by atoms with Crippen LogP contribution in [0.25, 0.3) is 0 Å². The topological polar surface area (TPSA) is 84.5 Å². The quantitative estimate of drug-likeness (QED) is 0.629. The third-order valence-electron chi connectivity index (χ3n) is 3.88. The van der Waals surface area contributed by atoms with Gasteiger partial charge in [-0.3, -0.25) is 9.52 Å². The molecule has 2 N–H and O–H groups in total. The molecule has 0 radical (unpaired) electrons. The van der Waals surface area contributed by atoms with E-state index in [-0.39, 0.29) is 10.8 Å². The molecule has 0 fully saturated rings. The highest BCUT2D eigenvalue weighted by Gasteiger charge is 2.15. The van der Waals surface area contributed by atoms with Gasteiger partial charge in [-0.25, -0.2) is 8.42 Å². The summed E-state index contributed by atoms with van der Waals surface area (Å²) in [6.45, 7) is 2.37. The van der Waals surface area contributed by atoms with E-state index in [9.17, 15) is 13.2 Å². The maximum absolute atomic E-state index is 12.5. The monoisotopic (exact) mass is 396 g/mol. The molecular formula is C21H20N2O4S. The van der Waals surface area contributed by atoms with Gasteiger partial charge < -0.3 is 10.1 Å². The number of nitrogens with one attached hydrogen (secondary N) is 2. The number of para-hydroxylation sites is 1. The number of benzene rings is 3. The van der Waals surface area contributed by atoms with Crippen molar-refractivity contribution in [2.75, 3.05) is 16.6 Å². The molecule has 3 aromatic rings. The lowest BCUT2D eigenvalue weighted by Crippen LogP contribution is -2.14. The van der Waals surface area contributed by atoms with Gasteiger partial charge in [0.15, 0.2) is 0 Å². The average Bonchev–Trinajstić information content (AvgIpc) is 2.70. The van der Waals surface area contributed by atoms with Gasteiger partial charge in [-0.1, -0.05) is 18.2 Å². The van der Waals surface area contributed by atoms with Crippen molar-refractivity contribution in [2.24, 2.45) is 0 Å². The molecule has 7 heteroatoms. The van der Waals surface area contributed by atoms with Crippen molar-refractivity contribution in [1.82, 2.24) is 0 Å². The predicted octanol–water partition coefficient (Wildman–Crippen LogP) is 4.14. The molecule has 0 saturated carbocycles. The summed E-state index contributed by atoms with van der Waals surface area (Å²) in [6, 6.07) is 21.5. The third kappa shape index (κ3) is 4.89. The van der Waals surface area contributed by atoms with Crippen LogP contribution in [0.1, 0.15) is 17.3 Å². The summed E-state index contributed by atoms with van der Waals surface area (Å²) in [5.41, 5.74) is 1.48. The number of hydrogen-bond acceptors (Lipinski definition) is 4. The first-order chi connectivity index (χ1) is 13.5. The summed E-state index contributed by atoms with van der Waals surface area (Å²) >= 11 is 0. The molecule has 6 nitrogen and oxygen atoms in total. The zero-order chi connectivity index (χ0) is 20.0. The van der Waals surface area contributed by atoms with Crippen LogP contribution in [0.4, 0.5) is 11.4 Å². The minimum Gasteiger partial charge on any atom is -0.494 e. The van der Waals surface area contributed by atoms with Crippen molar-refractivity contribution in [3.8, 4) is 5.75 Å². The Balaban J connectivity index is 1.68. The van der Waals surface area contributed by atoms with Crippen LogP contribution >= 0.6 is 0 Å². The van der Waals surface area contributed by atoms with E-state index in [1.54, 1.807) is 48.5 Å². The first kappa shape index (κ1) is 19.4. The highest BCUT2D eigenvalue weighted by Crippen LogP contribution is 2.20. The smallest absolute Gasteiger partial charge is 0.261 e. The van der Waals surface area contributed by atoms with E-state index in [1.165, 1.54) is 12.1 Å². The van der Waals surface area contributed by atoms with Crippen LogP contribution in [0.2, 0.25) is 0 Å². The van der Waals surface area contributed by atoms with Gasteiger partial charge in [0.05, 0.1) is 11.5 Å². The van der Waals surface area contributed by atoms with Crippen LogP contribution < -0.4 is 14.8 Å². The second-order valence-corrected chi connectivity index (χ2v) is 7.59. The van der Waals surface area contributed by atoms with Gasteiger partial charge in [0.2, 0.25) is 0 Å². The molecule has 3 rings (SSSR count). The summed E-state index contributed by atoms with van der Waals surface area (Å²) in [4.78, 5) is 12.4. The Morgan fingerprint density at radius 1 is 0.857 bits per heavy atom. The fraction of sp³-hybridized carbons (Fsp3) is 0.0952. The summed E-state index contributed by atoms with van der Waals surface area (Å²) in [5.74, 6) is 0.336. The molecule has 0 aliphatic carbocycles. The lowest BCUT2D eigenvalue weighted by Gasteiger charge is -2.10. The van der Waals surface area contributed by atoms with E-state index < -0.39 is 10.0 Å². The molecule has 0 heterocycles. The summed E-state index contributed by atoms with van der Waals surface area (Å²) < 4.78 is 32.8. The number of ether oxygens (including phenoxy) is 1. The van der Waals surface area contributed by atoms with E-state index in [1.807, 2.05) is 25.1 Å². The molecule has 0 spiro atoms. The highest BCUT2D eigenvalue weighted by molar-refractivity contribution is 7.92. The number of hydrogen-bond donors (Lipinski definition) is 2. The van der Waals surface area contributed by atoms with Crippen molar-refractivity contribution >= 4 is 27.3 Å². The summed E-state index contributed by atoms with van der Waals surface area (Å²) in [5, 5.41) is 2.78. The third-order valence-corrected chi connectivity index (χ3v) is 5.27. The van der Waals surface area contributed by atoms with Gasteiger partial charge in [-0.05, 0) is 67.6 Å². The Labute approximate surface area is 164 Å². The minimum atomic E-state index is -3.73. The number of sulfonamides is 1. The number of carbonyl (C=O) groups excluding carboxylic acids is 1. The van der Waals surface area contributed by atoms with E-state index in [4.69, 9.17) is 4.74 Å². The van der Waals surface area contributed by atoms with E-state index in [2.05, 4.69) is 10.0 Å². The molecule has 3 aromatic carbocycles. The second kappa shape index (κ2) is 8.58. The lowest BCUT2D eigenvalue weighted by molar-refractivity contribution is 0.102. The standard InChI is InChI=1S/C21H20N2O4S/c1-2-27-19-12-14-20(15-13-19)28(25,26)23-18-10-8-16(9-11-18)21(24)22-17-6-4-3-5-7-17/h3-15,23H,2H2,1H3,(H,22,24). The Hall–Kier alpha value is -3.32. The minimum absolute atomic E-state index is 0.127. The van der Waals surface area contributed by atoms with Crippen LogP contribution in [0, 0.1) is 0 Å². The van der Waals surface area contributed by atoms with E-state index in [0.29, 0.717) is 29.3 Å². The second-order valence-electron chi connectivity index (χ2n) is 5.91. The van der Waals surface area contributed by atoms with Gasteiger partial charge in [-0.2, -0.15) is 0 Å². The normalized spacial score (nSPS) is 10.9. The van der Waals surface area contributed by atoms with Gasteiger partial charge >= 0.3 is 0 Å². The Morgan fingerprint density at radius 2 is 1.50 bits per heavy atom. The molecular weight excluding hydrogens is 376 g/mol. The summed E-state index contributed by atoms with van der Waals surface area (Å²) in [7, 11) is -3.73. The Bertz CT molecular complexity index is 1030. The van der Waals surface area contributed by atoms with E-state index >= 15 is 0 Å². The number of anilines is 2. The van der Waals surface area contributed by atoms with Gasteiger partial charge in [0, 0.05) is 16.9 Å². The van der Waals surface area contributed by atoms with Crippen LogP contribution in [0.3, 0.4) is 0 Å². The fourth-order valence-electron chi connectivity index (χ4n) is 2.51. The van der Waals surface area contributed by atoms with Crippen molar-refractivity contribution < 1.29 is 17.9 Å². The molecule has 28 heavy (non-hydrogen) atoms. The fourth-order valence-corrected chi connectivity index (χ4v) is 3.57. The zero-order valence-electron chi connectivity index (χ0n) is 15.3. The molecule has 0 aromatic heterocycles. The average molecular weight is 396 g/mol. The maximum Gasteiger partial charge on any atom is 0.261 e. The maximum atomic E-state index is 12.5. The van der Waals surface area contributed by atoms with Crippen molar-refractivity contribution in [3.05, 3.63) is 84.4 Å². The molecule has 0 aliphatic heterocycles. The molecule has 144 valence electrons. The van der Waals surface area contributed by atoms with Crippen LogP contribution in [-0.2, 0) is 10.0 Å². The molecule has 0 unspecified atom stereocenters. The largest absolute Gasteiger partial charge is 0.494 e. The predicted molar refractivity (Wildman–Crippen MR) is 109 cm³/mol. The van der Waals surface area contributed by atoms with Crippen LogP contribution in [-0.4, -0.2) is 20.9 Å². The molecule has 0 aliphatic rings. The first-order valence-electron chi connectivity index (χ1n) is 8.70. The highest BCUT2D eigenvalue weighted by atomic mass is 32.2. The number of amides is 1. The molecule has 0 saturated heterocycles. The van der Waals surface area contributed by atoms with Crippen molar-refractivity contribution in [2.45, 2.75) is 11.8 Å². The van der Waals surface area contributed by atoms with Gasteiger partial charge in [-0.15, -0.1) is 0 Å². The molecule has 1 amide bonds.